The first-order valence-corrected chi connectivity index (χ1v) is 5.02. The number of aryl methyl sites for hydroxylation is 2. The molecule has 15 heavy (non-hydrogen) atoms. The van der Waals surface area contributed by atoms with Crippen molar-refractivity contribution in [2.24, 2.45) is 0 Å². The highest BCUT2D eigenvalue weighted by atomic mass is 35.5. The third-order valence-corrected chi connectivity index (χ3v) is 2.76. The van der Waals surface area contributed by atoms with Crippen LogP contribution < -0.4 is 0 Å². The van der Waals surface area contributed by atoms with Crippen molar-refractivity contribution in [3.8, 4) is 11.6 Å². The Morgan fingerprint density at radius 2 is 1.93 bits per heavy atom. The molecular weight excluding hydrogens is 212 g/mol. The zero-order valence-corrected chi connectivity index (χ0v) is 9.59. The molecule has 0 aliphatic carbocycles. The highest BCUT2D eigenvalue weighted by Gasteiger charge is 2.12. The summed E-state index contributed by atoms with van der Waals surface area (Å²) in [6.07, 6.45) is 1.62. The molecule has 78 valence electrons. The molecule has 0 amide bonds. The average molecular weight is 223 g/mol. The predicted octanol–water partition coefficient (Wildman–Crippen LogP) is 3.32. The van der Waals surface area contributed by atoms with Crippen LogP contribution in [0.25, 0.3) is 11.6 Å². The SMILES string of the molecule is Cc1ccoc1-c1nc(C)c(C)c(Cl)n1. The van der Waals surface area contributed by atoms with Gasteiger partial charge >= 0.3 is 0 Å². The average Bonchev–Trinajstić information content (AvgIpc) is 2.60. The number of hydrogen-bond donors (Lipinski definition) is 0. The summed E-state index contributed by atoms with van der Waals surface area (Å²) in [4.78, 5) is 8.54. The normalized spacial score (nSPS) is 10.7. The van der Waals surface area contributed by atoms with Crippen LogP contribution in [0.2, 0.25) is 5.15 Å². The Labute approximate surface area is 93.1 Å². The highest BCUT2D eigenvalue weighted by Crippen LogP contribution is 2.24. The Hall–Kier alpha value is -1.35. The minimum Gasteiger partial charge on any atom is -0.461 e. The van der Waals surface area contributed by atoms with Crippen LogP contribution in [0.4, 0.5) is 0 Å². The summed E-state index contributed by atoms with van der Waals surface area (Å²) >= 11 is 6.00. The fraction of sp³-hybridized carbons (Fsp3) is 0.273. The predicted molar refractivity (Wildman–Crippen MR) is 59.0 cm³/mol. The maximum absolute atomic E-state index is 6.00. The van der Waals surface area contributed by atoms with Gasteiger partial charge in [-0.05, 0) is 32.4 Å². The summed E-state index contributed by atoms with van der Waals surface area (Å²) in [5.74, 6) is 1.23. The van der Waals surface area contributed by atoms with E-state index in [2.05, 4.69) is 9.97 Å². The van der Waals surface area contributed by atoms with Crippen molar-refractivity contribution in [2.75, 3.05) is 0 Å². The summed E-state index contributed by atoms with van der Waals surface area (Å²) in [5, 5.41) is 0.480. The molecule has 2 aromatic heterocycles. The number of nitrogens with zero attached hydrogens (tertiary/aromatic N) is 2. The van der Waals surface area contributed by atoms with Crippen molar-refractivity contribution in [2.45, 2.75) is 20.8 Å². The molecule has 0 aliphatic rings. The van der Waals surface area contributed by atoms with E-state index in [1.165, 1.54) is 0 Å². The third-order valence-electron chi connectivity index (χ3n) is 2.39. The van der Waals surface area contributed by atoms with Gasteiger partial charge in [0.2, 0.25) is 0 Å². The van der Waals surface area contributed by atoms with Crippen molar-refractivity contribution in [1.82, 2.24) is 9.97 Å². The lowest BCUT2D eigenvalue weighted by atomic mass is 10.2. The molecule has 4 heteroatoms. The molecule has 0 radical (unpaired) electrons. The van der Waals surface area contributed by atoms with E-state index < -0.39 is 0 Å². The molecule has 0 aromatic carbocycles. The monoisotopic (exact) mass is 222 g/mol. The third kappa shape index (κ3) is 1.75. The second kappa shape index (κ2) is 3.66. The maximum Gasteiger partial charge on any atom is 0.197 e. The van der Waals surface area contributed by atoms with Gasteiger partial charge in [0.1, 0.15) is 5.15 Å². The lowest BCUT2D eigenvalue weighted by Gasteiger charge is -2.04. The first-order valence-electron chi connectivity index (χ1n) is 4.65. The molecule has 2 heterocycles. The second-order valence-corrected chi connectivity index (χ2v) is 3.84. The van der Waals surface area contributed by atoms with Gasteiger partial charge in [-0.15, -0.1) is 0 Å². The van der Waals surface area contributed by atoms with Crippen LogP contribution in [0.1, 0.15) is 16.8 Å². The van der Waals surface area contributed by atoms with Gasteiger partial charge in [-0.1, -0.05) is 11.6 Å². The summed E-state index contributed by atoms with van der Waals surface area (Å²) < 4.78 is 5.32. The summed E-state index contributed by atoms with van der Waals surface area (Å²) in [6, 6.07) is 1.88. The molecule has 0 N–H and O–H groups in total. The van der Waals surface area contributed by atoms with Crippen LogP contribution in [0.15, 0.2) is 16.7 Å². The first kappa shape index (κ1) is 10.2. The number of rotatable bonds is 1. The number of halogens is 1. The molecule has 2 aromatic rings. The lowest BCUT2D eigenvalue weighted by Crippen LogP contribution is -1.96. The van der Waals surface area contributed by atoms with Gasteiger partial charge in [-0.3, -0.25) is 0 Å². The van der Waals surface area contributed by atoms with Crippen LogP contribution in [0, 0.1) is 20.8 Å². The maximum atomic E-state index is 6.00. The van der Waals surface area contributed by atoms with Crippen LogP contribution >= 0.6 is 11.6 Å². The van der Waals surface area contributed by atoms with E-state index in [9.17, 15) is 0 Å². The Morgan fingerprint density at radius 3 is 2.47 bits per heavy atom. The molecule has 0 atom stereocenters. The zero-order valence-electron chi connectivity index (χ0n) is 8.84. The summed E-state index contributed by atoms with van der Waals surface area (Å²) in [7, 11) is 0. The Bertz CT molecular complexity index is 482. The van der Waals surface area contributed by atoms with Crippen molar-refractivity contribution in [1.29, 1.82) is 0 Å². The topological polar surface area (TPSA) is 38.9 Å². The minimum atomic E-state index is 0.480. The molecule has 0 aliphatic heterocycles. The van der Waals surface area contributed by atoms with E-state index >= 15 is 0 Å². The van der Waals surface area contributed by atoms with E-state index in [4.69, 9.17) is 16.0 Å². The van der Waals surface area contributed by atoms with Gasteiger partial charge in [0.15, 0.2) is 11.6 Å². The van der Waals surface area contributed by atoms with Gasteiger partial charge < -0.3 is 4.42 Å². The molecule has 0 bridgehead atoms. The van der Waals surface area contributed by atoms with Crippen molar-refractivity contribution in [3.05, 3.63) is 34.3 Å². The van der Waals surface area contributed by atoms with E-state index in [1.54, 1.807) is 6.26 Å². The van der Waals surface area contributed by atoms with E-state index in [0.29, 0.717) is 16.7 Å². The molecule has 0 saturated carbocycles. The second-order valence-electron chi connectivity index (χ2n) is 3.48. The first-order chi connectivity index (χ1) is 7.09. The smallest absolute Gasteiger partial charge is 0.197 e. The molecular formula is C11H11ClN2O. The fourth-order valence-electron chi connectivity index (χ4n) is 1.30. The van der Waals surface area contributed by atoms with Crippen molar-refractivity contribution >= 4 is 11.6 Å². The quantitative estimate of drug-likeness (QED) is 0.695. The van der Waals surface area contributed by atoms with E-state index in [1.807, 2.05) is 26.8 Å². The zero-order chi connectivity index (χ0) is 11.0. The summed E-state index contributed by atoms with van der Waals surface area (Å²) in [5.41, 5.74) is 2.79. The fourth-order valence-corrected chi connectivity index (χ4v) is 1.51. The van der Waals surface area contributed by atoms with Crippen LogP contribution in [0.3, 0.4) is 0 Å². The van der Waals surface area contributed by atoms with E-state index in [-0.39, 0.29) is 0 Å². The molecule has 0 unspecified atom stereocenters. The van der Waals surface area contributed by atoms with Crippen LogP contribution in [-0.2, 0) is 0 Å². The van der Waals surface area contributed by atoms with Crippen LogP contribution in [0.5, 0.6) is 0 Å². The number of aromatic nitrogens is 2. The summed E-state index contributed by atoms with van der Waals surface area (Å²) in [6.45, 7) is 5.76. The highest BCUT2D eigenvalue weighted by molar-refractivity contribution is 6.30. The van der Waals surface area contributed by atoms with Crippen molar-refractivity contribution < 1.29 is 4.42 Å². The Morgan fingerprint density at radius 1 is 1.20 bits per heavy atom. The van der Waals surface area contributed by atoms with Crippen molar-refractivity contribution in [3.63, 3.8) is 0 Å². The molecule has 2 rings (SSSR count). The molecule has 0 spiro atoms. The Balaban J connectivity index is 2.60. The Kier molecular flexibility index (Phi) is 2.49. The van der Waals surface area contributed by atoms with Gasteiger partial charge in [-0.25, -0.2) is 9.97 Å². The van der Waals surface area contributed by atoms with Gasteiger partial charge in [0.05, 0.1) is 6.26 Å². The minimum absolute atomic E-state index is 0.480. The molecule has 0 fully saturated rings. The number of furan rings is 1. The molecule has 0 saturated heterocycles. The van der Waals surface area contributed by atoms with Crippen LogP contribution in [-0.4, -0.2) is 9.97 Å². The molecule has 3 nitrogen and oxygen atoms in total. The van der Waals surface area contributed by atoms with Gasteiger partial charge in [0, 0.05) is 11.3 Å². The lowest BCUT2D eigenvalue weighted by molar-refractivity contribution is 0.575. The standard InChI is InChI=1S/C11H11ClN2O/c1-6-4-5-15-9(6)11-13-8(3)7(2)10(12)14-11/h4-5H,1-3H3. The van der Waals surface area contributed by atoms with Gasteiger partial charge in [0.25, 0.3) is 0 Å². The number of hydrogen-bond acceptors (Lipinski definition) is 3. The largest absolute Gasteiger partial charge is 0.461 e. The van der Waals surface area contributed by atoms with E-state index in [0.717, 1.165) is 16.8 Å². The van der Waals surface area contributed by atoms with Gasteiger partial charge in [-0.2, -0.15) is 0 Å².